The average molecular weight is 484 g/mol. The molecule has 0 saturated carbocycles. The molecule has 0 aliphatic heterocycles. The number of benzene rings is 2. The second kappa shape index (κ2) is 11.5. The molecule has 0 radical (unpaired) electrons. The molecule has 0 spiro atoms. The van der Waals surface area contributed by atoms with Crippen molar-refractivity contribution in [3.63, 3.8) is 0 Å². The normalized spacial score (nSPS) is 11.5. The van der Waals surface area contributed by atoms with Crippen LogP contribution in [0.25, 0.3) is 5.69 Å². The fraction of sp³-hybridized carbons (Fsp3) is 0.261. The number of ether oxygens (including phenoxy) is 1. The van der Waals surface area contributed by atoms with Gasteiger partial charge in [0.1, 0.15) is 6.33 Å². The van der Waals surface area contributed by atoms with Gasteiger partial charge in [0.05, 0.1) is 23.9 Å². The number of aryl methyl sites for hydroxylation is 1. The molecule has 0 aliphatic rings. The van der Waals surface area contributed by atoms with Crippen LogP contribution in [-0.2, 0) is 14.3 Å². The van der Waals surface area contributed by atoms with Crippen LogP contribution in [0.4, 0.5) is 5.69 Å². The Hall–Kier alpha value is -3.35. The van der Waals surface area contributed by atoms with Crippen molar-refractivity contribution in [1.29, 1.82) is 5.26 Å². The van der Waals surface area contributed by atoms with Crippen molar-refractivity contribution < 1.29 is 14.3 Å². The van der Waals surface area contributed by atoms with Gasteiger partial charge in [-0.3, -0.25) is 14.2 Å². The molecule has 10 heteroatoms. The van der Waals surface area contributed by atoms with E-state index < -0.39 is 18.0 Å². The van der Waals surface area contributed by atoms with Crippen LogP contribution in [0.3, 0.4) is 0 Å². The maximum absolute atomic E-state index is 12.9. The number of carbonyl (C=O) groups is 2. The molecule has 3 aromatic rings. The zero-order chi connectivity index (χ0) is 23.8. The van der Waals surface area contributed by atoms with E-state index in [0.29, 0.717) is 15.9 Å². The number of hydrogen-bond acceptors (Lipinski definition) is 7. The second-order valence-corrected chi connectivity index (χ2v) is 8.42. The molecular formula is C23H22ClN5O3S. The van der Waals surface area contributed by atoms with Crippen molar-refractivity contribution in [2.45, 2.75) is 31.5 Å². The van der Waals surface area contributed by atoms with Crippen LogP contribution in [0, 0.1) is 18.3 Å². The van der Waals surface area contributed by atoms with Crippen molar-refractivity contribution in [2.75, 3.05) is 17.2 Å². The lowest BCUT2D eigenvalue weighted by molar-refractivity contribution is -0.151. The van der Waals surface area contributed by atoms with Crippen LogP contribution in [-0.4, -0.2) is 45.0 Å². The Kier molecular flexibility index (Phi) is 8.46. The Labute approximate surface area is 201 Å². The molecule has 1 amide bonds. The summed E-state index contributed by atoms with van der Waals surface area (Å²) in [6, 6.07) is 16.6. The molecule has 1 atom stereocenters. The minimum absolute atomic E-state index is 0.0561. The number of anilines is 1. The molecule has 8 nitrogen and oxygen atoms in total. The van der Waals surface area contributed by atoms with Gasteiger partial charge in [0.25, 0.3) is 5.91 Å². The largest absolute Gasteiger partial charge is 0.452 e. The van der Waals surface area contributed by atoms with Gasteiger partial charge in [-0.15, -0.1) is 10.2 Å². The molecule has 1 unspecified atom stereocenters. The zero-order valence-electron chi connectivity index (χ0n) is 18.1. The average Bonchev–Trinajstić information content (AvgIpc) is 3.29. The smallest absolute Gasteiger partial charge is 0.317 e. The number of esters is 1. The maximum Gasteiger partial charge on any atom is 0.317 e. The number of para-hydroxylation sites is 1. The summed E-state index contributed by atoms with van der Waals surface area (Å²) < 4.78 is 7.08. The first-order valence-corrected chi connectivity index (χ1v) is 11.5. The molecule has 33 heavy (non-hydrogen) atoms. The molecule has 170 valence electrons. The van der Waals surface area contributed by atoms with E-state index in [0.717, 1.165) is 23.0 Å². The first kappa shape index (κ1) is 24.3. The van der Waals surface area contributed by atoms with E-state index in [9.17, 15) is 9.59 Å². The monoisotopic (exact) mass is 483 g/mol. The van der Waals surface area contributed by atoms with Crippen LogP contribution < -0.4 is 4.90 Å². The summed E-state index contributed by atoms with van der Waals surface area (Å²) in [5.41, 5.74) is 2.36. The van der Waals surface area contributed by atoms with Crippen LogP contribution >= 0.6 is 23.4 Å². The van der Waals surface area contributed by atoms with E-state index in [-0.39, 0.29) is 18.7 Å². The highest BCUT2D eigenvalue weighted by atomic mass is 35.5. The number of amides is 1. The summed E-state index contributed by atoms with van der Waals surface area (Å²) in [7, 11) is 0. The minimum Gasteiger partial charge on any atom is -0.452 e. The third kappa shape index (κ3) is 6.34. The molecule has 0 fully saturated rings. The molecule has 2 aromatic carbocycles. The van der Waals surface area contributed by atoms with E-state index in [1.807, 2.05) is 31.2 Å². The molecule has 1 aromatic heterocycles. The van der Waals surface area contributed by atoms with Gasteiger partial charge in [0.15, 0.2) is 11.3 Å². The Morgan fingerprint density at radius 3 is 2.73 bits per heavy atom. The summed E-state index contributed by atoms with van der Waals surface area (Å²) >= 11 is 7.35. The summed E-state index contributed by atoms with van der Waals surface area (Å²) in [6.07, 6.45) is 0.689. The van der Waals surface area contributed by atoms with Crippen molar-refractivity contribution in [3.8, 4) is 11.8 Å². The quantitative estimate of drug-likeness (QED) is 0.332. The van der Waals surface area contributed by atoms with E-state index >= 15 is 0 Å². The van der Waals surface area contributed by atoms with Gasteiger partial charge < -0.3 is 9.64 Å². The lowest BCUT2D eigenvalue weighted by Gasteiger charge is -2.25. The van der Waals surface area contributed by atoms with Gasteiger partial charge in [0.2, 0.25) is 0 Å². The molecule has 0 N–H and O–H groups in total. The Balaban J connectivity index is 1.62. The van der Waals surface area contributed by atoms with E-state index in [2.05, 4.69) is 10.2 Å². The standard InChI is InChI=1S/C23H22ClN5O3S/c1-16-9-10-19(13-20(16)24)29-15-26-27-23(29)33-14-21(30)32-17(2)22(31)28(12-6-11-25)18-7-4-3-5-8-18/h3-5,7-10,13,15,17H,6,12,14H2,1-2H3. The fourth-order valence-corrected chi connectivity index (χ4v) is 3.88. The predicted molar refractivity (Wildman–Crippen MR) is 126 cm³/mol. The van der Waals surface area contributed by atoms with Gasteiger partial charge in [-0.25, -0.2) is 0 Å². The third-order valence-electron chi connectivity index (χ3n) is 4.71. The van der Waals surface area contributed by atoms with Crippen molar-refractivity contribution in [2.24, 2.45) is 0 Å². The van der Waals surface area contributed by atoms with Crippen LogP contribution in [0.5, 0.6) is 0 Å². The van der Waals surface area contributed by atoms with Crippen molar-refractivity contribution >= 4 is 40.9 Å². The number of hydrogen-bond donors (Lipinski definition) is 0. The van der Waals surface area contributed by atoms with Gasteiger partial charge in [-0.1, -0.05) is 47.6 Å². The van der Waals surface area contributed by atoms with Crippen LogP contribution in [0.2, 0.25) is 5.02 Å². The number of thioether (sulfide) groups is 1. The summed E-state index contributed by atoms with van der Waals surface area (Å²) in [5.74, 6) is -1.02. The fourth-order valence-electron chi connectivity index (χ4n) is 2.99. The first-order chi connectivity index (χ1) is 15.9. The Bertz CT molecular complexity index is 1160. The number of aromatic nitrogens is 3. The number of halogens is 1. The molecule has 0 aliphatic carbocycles. The van der Waals surface area contributed by atoms with E-state index in [1.54, 1.807) is 34.9 Å². The minimum atomic E-state index is -1.01. The van der Waals surface area contributed by atoms with E-state index in [1.165, 1.54) is 18.2 Å². The number of nitrogens with zero attached hydrogens (tertiary/aromatic N) is 5. The summed E-state index contributed by atoms with van der Waals surface area (Å²) in [4.78, 5) is 26.8. The summed E-state index contributed by atoms with van der Waals surface area (Å²) in [5, 5.41) is 18.0. The van der Waals surface area contributed by atoms with Gasteiger partial charge in [-0.2, -0.15) is 5.26 Å². The van der Waals surface area contributed by atoms with Gasteiger partial charge in [-0.05, 0) is 43.7 Å². The number of rotatable bonds is 9. The Morgan fingerprint density at radius 1 is 1.27 bits per heavy atom. The lowest BCUT2D eigenvalue weighted by Crippen LogP contribution is -2.41. The zero-order valence-corrected chi connectivity index (χ0v) is 19.7. The van der Waals surface area contributed by atoms with Crippen molar-refractivity contribution in [1.82, 2.24) is 14.8 Å². The van der Waals surface area contributed by atoms with Crippen molar-refractivity contribution in [3.05, 3.63) is 65.4 Å². The van der Waals surface area contributed by atoms with Crippen LogP contribution in [0.15, 0.2) is 60.0 Å². The highest BCUT2D eigenvalue weighted by molar-refractivity contribution is 7.99. The third-order valence-corrected chi connectivity index (χ3v) is 6.03. The molecular weight excluding hydrogens is 462 g/mol. The number of nitriles is 1. The molecule has 1 heterocycles. The molecule has 0 saturated heterocycles. The number of carbonyl (C=O) groups excluding carboxylic acids is 2. The predicted octanol–water partition coefficient (Wildman–Crippen LogP) is 4.20. The lowest BCUT2D eigenvalue weighted by atomic mass is 10.2. The molecule has 3 rings (SSSR count). The summed E-state index contributed by atoms with van der Waals surface area (Å²) in [6.45, 7) is 3.63. The van der Waals surface area contributed by atoms with E-state index in [4.69, 9.17) is 21.6 Å². The highest BCUT2D eigenvalue weighted by Crippen LogP contribution is 2.24. The second-order valence-electron chi connectivity index (χ2n) is 7.07. The molecule has 0 bridgehead atoms. The van der Waals surface area contributed by atoms with Gasteiger partial charge in [0, 0.05) is 17.3 Å². The van der Waals surface area contributed by atoms with Crippen LogP contribution in [0.1, 0.15) is 18.9 Å². The maximum atomic E-state index is 12.9. The Morgan fingerprint density at radius 2 is 2.03 bits per heavy atom. The van der Waals surface area contributed by atoms with Gasteiger partial charge >= 0.3 is 5.97 Å². The SMILES string of the molecule is Cc1ccc(-n2cnnc2SCC(=O)OC(C)C(=O)N(CCC#N)c2ccccc2)cc1Cl. The topological polar surface area (TPSA) is 101 Å². The highest BCUT2D eigenvalue weighted by Gasteiger charge is 2.25. The first-order valence-electron chi connectivity index (χ1n) is 10.1.